The molecule has 3 heteroatoms. The van der Waals surface area contributed by atoms with Gasteiger partial charge in [0.25, 0.3) is 0 Å². The average Bonchev–Trinajstić information content (AvgIpc) is 2.74. The summed E-state index contributed by atoms with van der Waals surface area (Å²) in [6, 6.07) is 6.11. The zero-order valence-corrected chi connectivity index (χ0v) is 10.5. The molecule has 1 atom stereocenters. The van der Waals surface area contributed by atoms with Crippen molar-refractivity contribution in [3.8, 4) is 0 Å². The third-order valence-corrected chi connectivity index (χ3v) is 2.89. The Bertz CT molecular complexity index is 496. The van der Waals surface area contributed by atoms with E-state index in [2.05, 4.69) is 11.1 Å². The number of aliphatic hydroxyl groups is 1. The first-order chi connectivity index (χ1) is 8.11. The van der Waals surface area contributed by atoms with Crippen molar-refractivity contribution >= 4 is 0 Å². The smallest absolute Gasteiger partial charge is 0.142 e. The number of benzene rings is 1. The lowest BCUT2D eigenvalue weighted by Crippen LogP contribution is -2.09. The van der Waals surface area contributed by atoms with E-state index in [9.17, 15) is 5.11 Å². The first kappa shape index (κ1) is 11.9. The molecule has 2 aromatic rings. The quantitative estimate of drug-likeness (QED) is 0.880. The summed E-state index contributed by atoms with van der Waals surface area (Å²) in [5, 5.41) is 10.4. The number of aromatic nitrogens is 2. The van der Waals surface area contributed by atoms with Crippen molar-refractivity contribution in [3.63, 3.8) is 0 Å². The van der Waals surface area contributed by atoms with Gasteiger partial charge < -0.3 is 9.67 Å². The number of aryl methyl sites for hydroxylation is 3. The van der Waals surface area contributed by atoms with Crippen LogP contribution >= 0.6 is 0 Å². The molecule has 0 spiro atoms. The SMILES string of the molecule is CCn1ccnc1C(O)c1cc(C)cc(C)c1. The number of rotatable bonds is 3. The molecule has 0 aliphatic rings. The Morgan fingerprint density at radius 1 is 1.24 bits per heavy atom. The summed E-state index contributed by atoms with van der Waals surface area (Å²) in [6.07, 6.45) is 2.97. The van der Waals surface area contributed by atoms with E-state index in [0.29, 0.717) is 5.82 Å². The zero-order valence-electron chi connectivity index (χ0n) is 10.5. The molecule has 0 bridgehead atoms. The molecule has 1 heterocycles. The lowest BCUT2D eigenvalue weighted by atomic mass is 10.0. The predicted molar refractivity (Wildman–Crippen MR) is 67.9 cm³/mol. The molecule has 2 rings (SSSR count). The zero-order chi connectivity index (χ0) is 12.4. The van der Waals surface area contributed by atoms with Crippen LogP contribution in [0.2, 0.25) is 0 Å². The largest absolute Gasteiger partial charge is 0.380 e. The Labute approximate surface area is 102 Å². The summed E-state index contributed by atoms with van der Waals surface area (Å²) in [5.74, 6) is 0.706. The molecular weight excluding hydrogens is 212 g/mol. The molecule has 1 unspecified atom stereocenters. The standard InChI is InChI=1S/C14H18N2O/c1-4-16-6-5-15-14(16)13(17)12-8-10(2)7-11(3)9-12/h5-9,13,17H,4H2,1-3H3. The highest BCUT2D eigenvalue weighted by atomic mass is 16.3. The molecular formula is C14H18N2O. The van der Waals surface area contributed by atoms with Gasteiger partial charge in [-0.1, -0.05) is 29.3 Å². The lowest BCUT2D eigenvalue weighted by Gasteiger charge is -2.13. The molecule has 0 saturated heterocycles. The predicted octanol–water partition coefficient (Wildman–Crippen LogP) is 2.60. The van der Waals surface area contributed by atoms with Gasteiger partial charge in [-0.05, 0) is 26.3 Å². The summed E-state index contributed by atoms with van der Waals surface area (Å²) in [4.78, 5) is 4.24. The van der Waals surface area contributed by atoms with Crippen molar-refractivity contribution in [3.05, 3.63) is 53.1 Å². The average molecular weight is 230 g/mol. The third kappa shape index (κ3) is 2.39. The highest BCUT2D eigenvalue weighted by Gasteiger charge is 2.15. The summed E-state index contributed by atoms with van der Waals surface area (Å²) >= 11 is 0. The van der Waals surface area contributed by atoms with Crippen LogP contribution in [-0.4, -0.2) is 14.7 Å². The van der Waals surface area contributed by atoms with E-state index in [4.69, 9.17) is 0 Å². The van der Waals surface area contributed by atoms with Crippen molar-refractivity contribution in [2.24, 2.45) is 0 Å². The summed E-state index contributed by atoms with van der Waals surface area (Å²) in [6.45, 7) is 6.93. The van der Waals surface area contributed by atoms with Crippen LogP contribution in [0.4, 0.5) is 0 Å². The number of imidazole rings is 1. The van der Waals surface area contributed by atoms with Gasteiger partial charge >= 0.3 is 0 Å². The third-order valence-electron chi connectivity index (χ3n) is 2.89. The lowest BCUT2D eigenvalue weighted by molar-refractivity contribution is 0.204. The van der Waals surface area contributed by atoms with Gasteiger partial charge in [-0.15, -0.1) is 0 Å². The Hall–Kier alpha value is -1.61. The highest BCUT2D eigenvalue weighted by Crippen LogP contribution is 2.22. The van der Waals surface area contributed by atoms with Gasteiger partial charge in [0.2, 0.25) is 0 Å². The normalized spacial score (nSPS) is 12.7. The second kappa shape index (κ2) is 4.72. The molecule has 1 N–H and O–H groups in total. The van der Waals surface area contributed by atoms with Gasteiger partial charge in [0.1, 0.15) is 11.9 Å². The fourth-order valence-corrected chi connectivity index (χ4v) is 2.15. The van der Waals surface area contributed by atoms with Gasteiger partial charge in [0.05, 0.1) is 0 Å². The fourth-order valence-electron chi connectivity index (χ4n) is 2.15. The fraction of sp³-hybridized carbons (Fsp3) is 0.357. The molecule has 0 aliphatic carbocycles. The summed E-state index contributed by atoms with van der Waals surface area (Å²) in [5.41, 5.74) is 3.23. The van der Waals surface area contributed by atoms with E-state index in [1.807, 2.05) is 43.7 Å². The van der Waals surface area contributed by atoms with Crippen LogP contribution in [0.15, 0.2) is 30.6 Å². The minimum Gasteiger partial charge on any atom is -0.380 e. The maximum Gasteiger partial charge on any atom is 0.142 e. The summed E-state index contributed by atoms with van der Waals surface area (Å²) in [7, 11) is 0. The van der Waals surface area contributed by atoms with E-state index in [1.165, 1.54) is 0 Å². The maximum absolute atomic E-state index is 10.4. The van der Waals surface area contributed by atoms with E-state index in [-0.39, 0.29) is 0 Å². The van der Waals surface area contributed by atoms with Crippen LogP contribution in [0.5, 0.6) is 0 Å². The van der Waals surface area contributed by atoms with Crippen LogP contribution in [0.25, 0.3) is 0 Å². The van der Waals surface area contributed by atoms with Crippen molar-refractivity contribution in [2.45, 2.75) is 33.4 Å². The molecule has 0 saturated carbocycles. The second-order valence-corrected chi connectivity index (χ2v) is 4.40. The molecule has 0 amide bonds. The van der Waals surface area contributed by atoms with E-state index in [0.717, 1.165) is 23.2 Å². The van der Waals surface area contributed by atoms with Crippen LogP contribution in [0.3, 0.4) is 0 Å². The number of hydrogen-bond donors (Lipinski definition) is 1. The van der Waals surface area contributed by atoms with E-state index in [1.54, 1.807) is 6.20 Å². The molecule has 17 heavy (non-hydrogen) atoms. The van der Waals surface area contributed by atoms with E-state index < -0.39 is 6.10 Å². The molecule has 0 radical (unpaired) electrons. The maximum atomic E-state index is 10.4. The number of aliphatic hydroxyl groups excluding tert-OH is 1. The van der Waals surface area contributed by atoms with Gasteiger partial charge in [-0.3, -0.25) is 0 Å². The van der Waals surface area contributed by atoms with Crippen molar-refractivity contribution in [1.29, 1.82) is 0 Å². The Morgan fingerprint density at radius 3 is 2.47 bits per heavy atom. The van der Waals surface area contributed by atoms with Gasteiger partial charge in [-0.25, -0.2) is 4.98 Å². The van der Waals surface area contributed by atoms with Crippen molar-refractivity contribution < 1.29 is 5.11 Å². The van der Waals surface area contributed by atoms with Crippen LogP contribution in [0.1, 0.15) is 35.5 Å². The Balaban J connectivity index is 2.39. The van der Waals surface area contributed by atoms with Gasteiger partial charge in [-0.2, -0.15) is 0 Å². The number of nitrogens with zero attached hydrogens (tertiary/aromatic N) is 2. The minimum atomic E-state index is -0.649. The van der Waals surface area contributed by atoms with Crippen molar-refractivity contribution in [1.82, 2.24) is 9.55 Å². The van der Waals surface area contributed by atoms with Crippen LogP contribution in [-0.2, 0) is 6.54 Å². The van der Waals surface area contributed by atoms with Crippen LogP contribution in [0, 0.1) is 13.8 Å². The van der Waals surface area contributed by atoms with Crippen LogP contribution < -0.4 is 0 Å². The first-order valence-corrected chi connectivity index (χ1v) is 5.89. The summed E-state index contributed by atoms with van der Waals surface area (Å²) < 4.78 is 1.96. The highest BCUT2D eigenvalue weighted by molar-refractivity contribution is 5.32. The molecule has 1 aromatic carbocycles. The Morgan fingerprint density at radius 2 is 1.88 bits per heavy atom. The monoisotopic (exact) mass is 230 g/mol. The minimum absolute atomic E-state index is 0.649. The molecule has 0 aliphatic heterocycles. The molecule has 3 nitrogen and oxygen atoms in total. The topological polar surface area (TPSA) is 38.0 Å². The second-order valence-electron chi connectivity index (χ2n) is 4.40. The van der Waals surface area contributed by atoms with E-state index >= 15 is 0 Å². The number of hydrogen-bond acceptors (Lipinski definition) is 2. The molecule has 0 fully saturated rings. The first-order valence-electron chi connectivity index (χ1n) is 5.89. The van der Waals surface area contributed by atoms with Gasteiger partial charge in [0.15, 0.2) is 0 Å². The molecule has 90 valence electrons. The van der Waals surface area contributed by atoms with Crippen molar-refractivity contribution in [2.75, 3.05) is 0 Å². The Kier molecular flexibility index (Phi) is 3.29. The van der Waals surface area contributed by atoms with Gasteiger partial charge in [0, 0.05) is 18.9 Å². The molecule has 1 aromatic heterocycles.